The van der Waals surface area contributed by atoms with E-state index in [0.29, 0.717) is 23.0 Å². The molecule has 4 aromatic rings. The molecule has 0 radical (unpaired) electrons. The molecule has 0 aliphatic heterocycles. The number of amides is 1. The Morgan fingerprint density at radius 3 is 2.58 bits per heavy atom. The van der Waals surface area contributed by atoms with Gasteiger partial charge < -0.3 is 10.1 Å². The van der Waals surface area contributed by atoms with Gasteiger partial charge in [-0.15, -0.1) is 10.2 Å². The molecule has 0 saturated heterocycles. The molecule has 4 rings (SSSR count). The summed E-state index contributed by atoms with van der Waals surface area (Å²) in [6, 6.07) is 22.8. The molecule has 3 aromatic carbocycles. The van der Waals surface area contributed by atoms with Crippen molar-refractivity contribution in [2.75, 3.05) is 6.61 Å². The fourth-order valence-corrected chi connectivity index (χ4v) is 4.79. The van der Waals surface area contributed by atoms with Crippen molar-refractivity contribution in [1.82, 2.24) is 20.1 Å². The minimum Gasteiger partial charge on any atom is -0.494 e. The number of carbonyl (C=O) groups excluding carboxylic acids is 1. The van der Waals surface area contributed by atoms with E-state index in [4.69, 9.17) is 16.3 Å². The summed E-state index contributed by atoms with van der Waals surface area (Å²) in [4.78, 5) is 12.8. The third-order valence-electron chi connectivity index (χ3n) is 5.34. The lowest BCUT2D eigenvalue weighted by Crippen LogP contribution is -2.24. The number of rotatable bonds is 11. The van der Waals surface area contributed by atoms with Gasteiger partial charge in [-0.1, -0.05) is 70.8 Å². The number of carbonyl (C=O) groups is 1. The number of nitrogens with one attached hydrogen (secondary N) is 1. The predicted octanol–water partition coefficient (Wildman–Crippen LogP) is 7.08. The van der Waals surface area contributed by atoms with Crippen molar-refractivity contribution >= 4 is 45.2 Å². The van der Waals surface area contributed by atoms with Crippen molar-refractivity contribution in [3.63, 3.8) is 0 Å². The monoisotopic (exact) mass is 584 g/mol. The number of nitrogens with zero attached hydrogens (tertiary/aromatic N) is 3. The molecule has 9 heteroatoms. The zero-order chi connectivity index (χ0) is 25.3. The summed E-state index contributed by atoms with van der Waals surface area (Å²) >= 11 is 11.3. The molecule has 0 bridgehead atoms. The Morgan fingerprint density at radius 1 is 1.08 bits per heavy atom. The Morgan fingerprint density at radius 2 is 1.86 bits per heavy atom. The van der Waals surface area contributed by atoms with Crippen LogP contribution in [0.1, 0.15) is 41.5 Å². The van der Waals surface area contributed by atoms with Crippen LogP contribution in [0.4, 0.5) is 0 Å². The van der Waals surface area contributed by atoms with Gasteiger partial charge in [0.1, 0.15) is 5.75 Å². The molecule has 1 aromatic heterocycles. The fourth-order valence-electron chi connectivity index (χ4n) is 3.41. The van der Waals surface area contributed by atoms with Crippen molar-refractivity contribution < 1.29 is 9.53 Å². The molecule has 1 heterocycles. The van der Waals surface area contributed by atoms with Crippen LogP contribution in [-0.4, -0.2) is 27.3 Å². The minimum absolute atomic E-state index is 0.195. The molecule has 1 amide bonds. The number of ether oxygens (including phenoxy) is 1. The lowest BCUT2D eigenvalue weighted by atomic mass is 10.2. The van der Waals surface area contributed by atoms with Crippen molar-refractivity contribution in [2.24, 2.45) is 0 Å². The Kier molecular flexibility index (Phi) is 9.44. The highest BCUT2D eigenvalue weighted by Crippen LogP contribution is 2.27. The first-order chi connectivity index (χ1) is 17.5. The van der Waals surface area contributed by atoms with E-state index in [1.807, 2.05) is 53.1 Å². The molecule has 0 spiro atoms. The zero-order valence-corrected chi connectivity index (χ0v) is 22.9. The summed E-state index contributed by atoms with van der Waals surface area (Å²) in [6.07, 6.45) is 2.07. The van der Waals surface area contributed by atoms with Crippen LogP contribution >= 0.6 is 39.3 Å². The predicted molar refractivity (Wildman–Crippen MR) is 148 cm³/mol. The average Bonchev–Trinajstić information content (AvgIpc) is 3.30. The van der Waals surface area contributed by atoms with Gasteiger partial charge >= 0.3 is 0 Å². The Hall–Kier alpha value is -2.81. The van der Waals surface area contributed by atoms with Crippen LogP contribution in [0.3, 0.4) is 0 Å². The van der Waals surface area contributed by atoms with Gasteiger partial charge in [-0.3, -0.25) is 9.36 Å². The van der Waals surface area contributed by atoms with E-state index < -0.39 is 0 Å². The van der Waals surface area contributed by atoms with Gasteiger partial charge in [0.25, 0.3) is 5.91 Å². The fraction of sp³-hybridized carbons (Fsp3) is 0.222. The molecular weight excluding hydrogens is 560 g/mol. The molecule has 0 aliphatic rings. The Balaban J connectivity index is 1.48. The number of hydrogen-bond acceptors (Lipinski definition) is 5. The summed E-state index contributed by atoms with van der Waals surface area (Å²) in [6.45, 7) is 3.00. The quantitative estimate of drug-likeness (QED) is 0.150. The van der Waals surface area contributed by atoms with Crippen LogP contribution in [0.2, 0.25) is 5.02 Å². The van der Waals surface area contributed by atoms with E-state index in [0.717, 1.165) is 39.7 Å². The normalized spacial score (nSPS) is 10.9. The molecular formula is C27H26BrClN4O2S. The van der Waals surface area contributed by atoms with Gasteiger partial charge in [-0.2, -0.15) is 0 Å². The minimum atomic E-state index is -0.195. The second kappa shape index (κ2) is 12.9. The first kappa shape index (κ1) is 26.3. The van der Waals surface area contributed by atoms with E-state index in [2.05, 4.69) is 50.5 Å². The number of hydrogen-bond donors (Lipinski definition) is 1. The molecule has 0 aliphatic carbocycles. The summed E-state index contributed by atoms with van der Waals surface area (Å²) in [7, 11) is 0. The molecule has 1 N–H and O–H groups in total. The van der Waals surface area contributed by atoms with E-state index in [1.165, 1.54) is 5.56 Å². The lowest BCUT2D eigenvalue weighted by molar-refractivity contribution is 0.0949. The van der Waals surface area contributed by atoms with Gasteiger partial charge in [0, 0.05) is 20.8 Å². The van der Waals surface area contributed by atoms with E-state index in [-0.39, 0.29) is 12.5 Å². The number of thioether (sulfide) groups is 1. The second-order valence-electron chi connectivity index (χ2n) is 8.04. The van der Waals surface area contributed by atoms with Crippen molar-refractivity contribution in [3.8, 4) is 11.4 Å². The summed E-state index contributed by atoms with van der Waals surface area (Å²) in [5.74, 6) is 1.90. The summed E-state index contributed by atoms with van der Waals surface area (Å²) < 4.78 is 8.65. The molecule has 6 nitrogen and oxygen atoms in total. The largest absolute Gasteiger partial charge is 0.494 e. The lowest BCUT2D eigenvalue weighted by Gasteiger charge is -2.12. The number of aromatic nitrogens is 3. The van der Waals surface area contributed by atoms with Gasteiger partial charge in [0.15, 0.2) is 11.0 Å². The first-order valence-corrected chi connectivity index (χ1v) is 13.8. The summed E-state index contributed by atoms with van der Waals surface area (Å²) in [5.41, 5.74) is 2.56. The molecule has 36 heavy (non-hydrogen) atoms. The third-order valence-corrected chi connectivity index (χ3v) is 7.10. The first-order valence-electron chi connectivity index (χ1n) is 11.6. The van der Waals surface area contributed by atoms with Crippen LogP contribution in [0.25, 0.3) is 5.69 Å². The average molecular weight is 586 g/mol. The third kappa shape index (κ3) is 7.12. The van der Waals surface area contributed by atoms with Crippen molar-refractivity contribution in [2.45, 2.75) is 37.2 Å². The van der Waals surface area contributed by atoms with E-state index in [9.17, 15) is 4.79 Å². The van der Waals surface area contributed by atoms with Gasteiger partial charge in [-0.05, 0) is 66.6 Å². The van der Waals surface area contributed by atoms with E-state index >= 15 is 0 Å². The second-order valence-corrected chi connectivity index (χ2v) is 10.3. The molecule has 0 unspecified atom stereocenters. The van der Waals surface area contributed by atoms with Gasteiger partial charge in [-0.25, -0.2) is 0 Å². The highest BCUT2D eigenvalue weighted by molar-refractivity contribution is 9.10. The molecule has 0 saturated carbocycles. The van der Waals surface area contributed by atoms with Crippen LogP contribution in [0, 0.1) is 0 Å². The maximum absolute atomic E-state index is 12.8. The van der Waals surface area contributed by atoms with Crippen molar-refractivity contribution in [3.05, 3.63) is 99.2 Å². The van der Waals surface area contributed by atoms with Crippen LogP contribution in [0.5, 0.6) is 5.75 Å². The SMILES string of the molecule is CCCCOc1ccc(C(=O)NCc2nnc(SCc3ccc(Br)cc3)n2-c2cccc(Cl)c2)cc1. The molecule has 186 valence electrons. The zero-order valence-electron chi connectivity index (χ0n) is 19.8. The maximum Gasteiger partial charge on any atom is 0.251 e. The number of benzene rings is 3. The maximum atomic E-state index is 12.8. The van der Waals surface area contributed by atoms with Gasteiger partial charge in [0.2, 0.25) is 0 Å². The Bertz CT molecular complexity index is 1300. The highest BCUT2D eigenvalue weighted by Gasteiger charge is 2.16. The topological polar surface area (TPSA) is 69.0 Å². The van der Waals surface area contributed by atoms with Crippen molar-refractivity contribution in [1.29, 1.82) is 0 Å². The van der Waals surface area contributed by atoms with Gasteiger partial charge in [0.05, 0.1) is 18.8 Å². The smallest absolute Gasteiger partial charge is 0.251 e. The molecule has 0 atom stereocenters. The summed E-state index contributed by atoms with van der Waals surface area (Å²) in [5, 5.41) is 13.1. The number of unbranched alkanes of at least 4 members (excludes halogenated alkanes) is 1. The van der Waals surface area contributed by atoms with Crippen LogP contribution < -0.4 is 10.1 Å². The Labute approximate surface area is 228 Å². The van der Waals surface area contributed by atoms with E-state index in [1.54, 1.807) is 23.9 Å². The molecule has 0 fully saturated rings. The number of halogens is 2. The highest BCUT2D eigenvalue weighted by atomic mass is 79.9. The van der Waals surface area contributed by atoms with Crippen LogP contribution in [-0.2, 0) is 12.3 Å². The standard InChI is InChI=1S/C27H26BrClN4O2S/c1-2-3-15-35-24-13-9-20(10-14-24)26(34)30-17-25-31-32-27(33(25)23-6-4-5-22(29)16-23)36-18-19-7-11-21(28)12-8-19/h4-14,16H,2-3,15,17-18H2,1H3,(H,30,34). The van der Waals surface area contributed by atoms with Crippen LogP contribution in [0.15, 0.2) is 82.4 Å².